The normalized spacial score (nSPS) is 25.9. The number of hydrogen-bond acceptors (Lipinski definition) is 4. The summed E-state index contributed by atoms with van der Waals surface area (Å²) < 4.78 is 5.95. The Morgan fingerprint density at radius 3 is 1.85 bits per heavy atom. The van der Waals surface area contributed by atoms with Crippen LogP contribution in [0, 0.1) is 0 Å². The Morgan fingerprint density at radius 2 is 1.38 bits per heavy atom. The van der Waals surface area contributed by atoms with Gasteiger partial charge in [-0.25, -0.2) is 4.79 Å². The van der Waals surface area contributed by atoms with E-state index in [1.807, 2.05) is 20.8 Å². The van der Waals surface area contributed by atoms with Crippen molar-refractivity contribution in [2.75, 3.05) is 20.1 Å². The maximum Gasteiger partial charge on any atom is 0.410 e. The molecule has 0 N–H and O–H groups in total. The zero-order valence-electron chi connectivity index (χ0n) is 21.1. The molecule has 3 atom stereocenters. The first-order valence-electron chi connectivity index (χ1n) is 12.9. The smallest absolute Gasteiger partial charge is 0.410 e. The maximum atomic E-state index is 13.5. The lowest BCUT2D eigenvalue weighted by molar-refractivity contribution is -0.0483. The molecule has 0 radical (unpaired) electrons. The maximum absolute atomic E-state index is 13.5. The van der Waals surface area contributed by atoms with Crippen molar-refractivity contribution < 1.29 is 9.53 Å². The van der Waals surface area contributed by atoms with Gasteiger partial charge in [-0.05, 0) is 64.6 Å². The molecular weight excluding hydrogens is 422 g/mol. The number of carbonyl (C=O) groups excluding carboxylic acids is 1. The second-order valence-corrected chi connectivity index (χ2v) is 11.4. The number of fused-ring (bicyclic) bond motifs is 2. The summed E-state index contributed by atoms with van der Waals surface area (Å²) in [5, 5.41) is 0. The van der Waals surface area contributed by atoms with Gasteiger partial charge in [-0.3, -0.25) is 9.80 Å². The highest BCUT2D eigenvalue weighted by Crippen LogP contribution is 2.40. The summed E-state index contributed by atoms with van der Waals surface area (Å²) in [7, 11) is 2.26. The number of ether oxygens (including phenoxy) is 1. The first-order chi connectivity index (χ1) is 16.3. The van der Waals surface area contributed by atoms with E-state index >= 15 is 0 Å². The standard InChI is InChI=1S/C29H39N3O2/c1-29(2,3)34-28(33)32(25-17-23-15-16-24(18-25)30(23)4)26-19-31(20-26)27(21-11-7-5-8-12-21)22-13-9-6-10-14-22/h5-14,23-27H,15-20H2,1-4H3/t23-,24+,25-. The highest BCUT2D eigenvalue weighted by Gasteiger charge is 2.47. The van der Waals surface area contributed by atoms with Gasteiger partial charge in [0, 0.05) is 31.2 Å². The average molecular weight is 462 g/mol. The predicted molar refractivity (Wildman–Crippen MR) is 136 cm³/mol. The van der Waals surface area contributed by atoms with Crippen molar-refractivity contribution in [2.45, 2.75) is 82.3 Å². The zero-order chi connectivity index (χ0) is 23.9. The van der Waals surface area contributed by atoms with E-state index < -0.39 is 5.60 Å². The summed E-state index contributed by atoms with van der Waals surface area (Å²) in [5.41, 5.74) is 2.11. The second kappa shape index (κ2) is 9.35. The fourth-order valence-electron chi connectivity index (χ4n) is 6.28. The number of carbonyl (C=O) groups is 1. The molecule has 0 aromatic heterocycles. The number of rotatable bonds is 5. The van der Waals surface area contributed by atoms with Crippen molar-refractivity contribution in [3.8, 4) is 0 Å². The van der Waals surface area contributed by atoms with E-state index in [0.29, 0.717) is 12.1 Å². The van der Waals surface area contributed by atoms with E-state index in [2.05, 4.69) is 82.4 Å². The van der Waals surface area contributed by atoms with E-state index in [1.165, 1.54) is 24.0 Å². The molecule has 2 aromatic rings. The molecule has 3 aliphatic rings. The van der Waals surface area contributed by atoms with Gasteiger partial charge in [-0.2, -0.15) is 0 Å². The number of likely N-dealkylation sites (tertiary alicyclic amines) is 1. The SMILES string of the molecule is CN1[C@@H]2CC[C@H]1C[C@H](N(C(=O)OC(C)(C)C)C1CN(C(c3ccccc3)c3ccccc3)C1)C2. The van der Waals surface area contributed by atoms with Gasteiger partial charge in [-0.15, -0.1) is 0 Å². The van der Waals surface area contributed by atoms with E-state index in [4.69, 9.17) is 4.74 Å². The lowest BCUT2D eigenvalue weighted by atomic mass is 9.90. The molecule has 0 saturated carbocycles. The molecule has 5 rings (SSSR count). The van der Waals surface area contributed by atoms with Crippen molar-refractivity contribution in [3.63, 3.8) is 0 Å². The number of piperidine rings is 1. The summed E-state index contributed by atoms with van der Waals surface area (Å²) in [6.45, 7) is 7.64. The number of amides is 1. The third kappa shape index (κ3) is 4.73. The Bertz CT molecular complexity index is 914. The minimum atomic E-state index is -0.486. The van der Waals surface area contributed by atoms with Crippen LogP contribution >= 0.6 is 0 Å². The molecule has 2 aromatic carbocycles. The molecular formula is C29H39N3O2. The molecule has 0 aliphatic carbocycles. The summed E-state index contributed by atoms with van der Waals surface area (Å²) in [5.74, 6) is 0. The molecule has 3 aliphatic heterocycles. The Labute approximate surface area is 204 Å². The topological polar surface area (TPSA) is 36.0 Å². The molecule has 5 heteroatoms. The molecule has 2 bridgehead atoms. The van der Waals surface area contributed by atoms with Gasteiger partial charge >= 0.3 is 6.09 Å². The lowest BCUT2D eigenvalue weighted by Crippen LogP contribution is -2.65. The van der Waals surface area contributed by atoms with Crippen LogP contribution < -0.4 is 0 Å². The highest BCUT2D eigenvalue weighted by atomic mass is 16.6. The van der Waals surface area contributed by atoms with Crippen molar-refractivity contribution in [1.29, 1.82) is 0 Å². The summed E-state index contributed by atoms with van der Waals surface area (Å²) >= 11 is 0. The molecule has 3 fully saturated rings. The Balaban J connectivity index is 1.37. The first kappa shape index (κ1) is 23.4. The second-order valence-electron chi connectivity index (χ2n) is 11.4. The summed E-state index contributed by atoms with van der Waals surface area (Å²) in [6.07, 6.45) is 4.48. The third-order valence-corrected chi connectivity index (χ3v) is 7.95. The van der Waals surface area contributed by atoms with Crippen molar-refractivity contribution in [1.82, 2.24) is 14.7 Å². The molecule has 1 amide bonds. The first-order valence-corrected chi connectivity index (χ1v) is 12.9. The van der Waals surface area contributed by atoms with E-state index in [9.17, 15) is 4.79 Å². The van der Waals surface area contributed by atoms with Gasteiger partial charge in [0.25, 0.3) is 0 Å². The van der Waals surface area contributed by atoms with Gasteiger partial charge in [0.15, 0.2) is 0 Å². The van der Waals surface area contributed by atoms with Crippen molar-refractivity contribution >= 4 is 6.09 Å². The van der Waals surface area contributed by atoms with Crippen LogP contribution in [0.1, 0.15) is 63.6 Å². The van der Waals surface area contributed by atoms with Crippen molar-refractivity contribution in [3.05, 3.63) is 71.8 Å². The molecule has 5 nitrogen and oxygen atoms in total. The molecule has 0 unspecified atom stereocenters. The van der Waals surface area contributed by atoms with Crippen LogP contribution in [-0.4, -0.2) is 70.7 Å². The van der Waals surface area contributed by atoms with Gasteiger partial charge in [-0.1, -0.05) is 60.7 Å². The number of nitrogens with zero attached hydrogens (tertiary/aromatic N) is 3. The number of benzene rings is 2. The zero-order valence-corrected chi connectivity index (χ0v) is 21.1. The Morgan fingerprint density at radius 1 is 0.882 bits per heavy atom. The molecule has 3 heterocycles. The fourth-order valence-corrected chi connectivity index (χ4v) is 6.28. The van der Waals surface area contributed by atoms with Crippen LogP contribution in [0.3, 0.4) is 0 Å². The van der Waals surface area contributed by atoms with Gasteiger partial charge in [0.2, 0.25) is 0 Å². The Kier molecular flexibility index (Phi) is 6.43. The molecule has 0 spiro atoms. The lowest BCUT2D eigenvalue weighted by Gasteiger charge is -2.52. The van der Waals surface area contributed by atoms with Crippen molar-refractivity contribution in [2.24, 2.45) is 0 Å². The van der Waals surface area contributed by atoms with Gasteiger partial charge in [0.05, 0.1) is 12.1 Å². The predicted octanol–water partition coefficient (Wildman–Crippen LogP) is 5.32. The largest absolute Gasteiger partial charge is 0.444 e. The Hall–Kier alpha value is -2.37. The minimum absolute atomic E-state index is 0.137. The van der Waals surface area contributed by atoms with E-state index in [1.54, 1.807) is 0 Å². The average Bonchev–Trinajstić information content (AvgIpc) is 2.98. The monoisotopic (exact) mass is 461 g/mol. The van der Waals surface area contributed by atoms with Crippen LogP contribution in [0.15, 0.2) is 60.7 Å². The quantitative estimate of drug-likeness (QED) is 0.604. The van der Waals surface area contributed by atoms with Crippen LogP contribution in [0.25, 0.3) is 0 Å². The van der Waals surface area contributed by atoms with E-state index in [0.717, 1.165) is 25.9 Å². The van der Waals surface area contributed by atoms with Gasteiger partial charge in [0.1, 0.15) is 5.60 Å². The minimum Gasteiger partial charge on any atom is -0.444 e. The van der Waals surface area contributed by atoms with Crippen LogP contribution in [0.4, 0.5) is 4.79 Å². The third-order valence-electron chi connectivity index (χ3n) is 7.95. The van der Waals surface area contributed by atoms with Crippen LogP contribution in [0.2, 0.25) is 0 Å². The summed E-state index contributed by atoms with van der Waals surface area (Å²) in [6, 6.07) is 23.3. The highest BCUT2D eigenvalue weighted by molar-refractivity contribution is 5.69. The fraction of sp³-hybridized carbons (Fsp3) is 0.552. The van der Waals surface area contributed by atoms with Crippen LogP contribution in [0.5, 0.6) is 0 Å². The molecule has 3 saturated heterocycles. The molecule has 182 valence electrons. The van der Waals surface area contributed by atoms with Crippen LogP contribution in [-0.2, 0) is 4.74 Å². The number of hydrogen-bond donors (Lipinski definition) is 0. The van der Waals surface area contributed by atoms with E-state index in [-0.39, 0.29) is 24.2 Å². The van der Waals surface area contributed by atoms with Gasteiger partial charge < -0.3 is 9.64 Å². The molecule has 34 heavy (non-hydrogen) atoms. The summed E-state index contributed by atoms with van der Waals surface area (Å²) in [4.78, 5) is 20.7.